The Bertz CT molecular complexity index is 4600. The van der Waals surface area contributed by atoms with Crippen LogP contribution in [0, 0.1) is 48.5 Å². The lowest BCUT2D eigenvalue weighted by Gasteiger charge is -2.22. The van der Waals surface area contributed by atoms with Gasteiger partial charge in [0.05, 0.1) is 18.5 Å². The van der Waals surface area contributed by atoms with Crippen LogP contribution in [-0.4, -0.2) is 102 Å². The molecule has 1 unspecified atom stereocenters. The molecule has 1 fully saturated rings. The molecule has 5 N–H and O–H groups in total. The number of ether oxygens (including phenoxy) is 2. The summed E-state index contributed by atoms with van der Waals surface area (Å²) in [7, 11) is 0. The average molecular weight is 1370 g/mol. The third kappa shape index (κ3) is 19.6. The molecule has 0 spiro atoms. The van der Waals surface area contributed by atoms with Crippen LogP contribution in [0.3, 0.4) is 0 Å². The molecule has 1 aliphatic heterocycles. The summed E-state index contributed by atoms with van der Waals surface area (Å²) in [6.07, 6.45) is 18.1. The summed E-state index contributed by atoms with van der Waals surface area (Å²) >= 11 is 6.00. The Kier molecular flexibility index (Phi) is 23.0. The summed E-state index contributed by atoms with van der Waals surface area (Å²) in [5.41, 5.74) is 15.1. The Hall–Kier alpha value is -10.0. The van der Waals surface area contributed by atoms with Gasteiger partial charge in [-0.1, -0.05) is 36.4 Å². The summed E-state index contributed by atoms with van der Waals surface area (Å²) in [6, 6.07) is 36.0. The molecule has 0 bridgehead atoms. The number of aromatic carboxylic acids is 1. The van der Waals surface area contributed by atoms with Crippen LogP contribution in [0.1, 0.15) is 99.9 Å². The number of aryl methyl sites for hydroxylation is 7. The summed E-state index contributed by atoms with van der Waals surface area (Å²) < 4.78 is 11.5. The number of ketones is 1. The number of hydrogen-bond donors (Lipinski definition) is 5. The van der Waals surface area contributed by atoms with Crippen LogP contribution in [0.2, 0.25) is 0 Å². The van der Waals surface area contributed by atoms with Crippen LogP contribution in [-0.2, 0) is 28.7 Å². The highest BCUT2D eigenvalue weighted by atomic mass is 32.1. The lowest BCUT2D eigenvalue weighted by atomic mass is 10.1. The molecule has 1 aliphatic carbocycles. The number of carbonyl (C=O) groups excluding carboxylic acids is 1. The van der Waals surface area contributed by atoms with Gasteiger partial charge in [-0.25, -0.2) is 64.6 Å². The predicted octanol–water partition coefficient (Wildman–Crippen LogP) is 16.4. The zero-order valence-electron chi connectivity index (χ0n) is 54.8. The van der Waals surface area contributed by atoms with E-state index in [1.165, 1.54) is 44.6 Å². The van der Waals surface area contributed by atoms with Crippen LogP contribution in [0.25, 0.3) is 42.8 Å². The van der Waals surface area contributed by atoms with Gasteiger partial charge in [0.1, 0.15) is 47.7 Å². The van der Waals surface area contributed by atoms with Gasteiger partial charge >= 0.3 is 5.97 Å². The highest BCUT2D eigenvalue weighted by Crippen LogP contribution is 2.32. The first-order valence-electron chi connectivity index (χ1n) is 31.5. The predicted molar refractivity (Wildman–Crippen MR) is 386 cm³/mol. The van der Waals surface area contributed by atoms with E-state index in [0.29, 0.717) is 52.7 Å². The van der Waals surface area contributed by atoms with Gasteiger partial charge in [0.15, 0.2) is 12.1 Å². The number of fused-ring (bicyclic) bond motifs is 1. The number of thiazole rings is 4. The fourth-order valence-corrected chi connectivity index (χ4v) is 13.8. The van der Waals surface area contributed by atoms with Gasteiger partial charge in [0.2, 0.25) is 23.8 Å². The van der Waals surface area contributed by atoms with Crippen LogP contribution < -0.4 is 21.3 Å². The summed E-state index contributed by atoms with van der Waals surface area (Å²) in [4.78, 5) is 78.8. The number of rotatable bonds is 18. The van der Waals surface area contributed by atoms with Gasteiger partial charge < -0.3 is 35.8 Å². The largest absolute Gasteiger partial charge is 0.477 e. The van der Waals surface area contributed by atoms with E-state index in [4.69, 9.17) is 19.6 Å². The van der Waals surface area contributed by atoms with E-state index < -0.39 is 5.97 Å². The Balaban J connectivity index is 0.000000132. The van der Waals surface area contributed by atoms with Crippen LogP contribution in [0.15, 0.2) is 153 Å². The standard InChI is InChI=1S/C23H28N4O2S.C17H16N4S.C16H14N4O2S.C16H14N4OS/c1-15-12-16(2)14-18(13-15)26-23-24-9-7-19(27-23)22-25-17(3)20(30-22)8-11-29-21-6-4-5-10-28-21;1-11-10-19-16(22-11)15-6-7-18-17(21-15)20-14-8-12-4-2-3-5-13(12)9-14;1-9-5-10(2)7-11(6-9)19-16-17-4-3-12(20-16)14-18-8-13(23-14)15(21)22;1-10-9-18-15(22-10)14-7-8-17-16(20-14)19-13-5-3-12(4-6-13)11(2)21/h7,9,12-14,21H,4-6,8,10-11H2,1-3H3,(H,24,26,27);2-7,10,14H,8-9H2,1H3,(H,18,20,21);3-8H,1-2H3,(H,21,22)(H,17,19,20);3-9H,1-2H3,(H,17,19,20). The van der Waals surface area contributed by atoms with Gasteiger partial charge in [-0.2, -0.15) is 0 Å². The van der Waals surface area contributed by atoms with E-state index in [2.05, 4.69) is 145 Å². The molecule has 21 nitrogen and oxygen atoms in total. The number of nitrogens with one attached hydrogen (secondary N) is 4. The van der Waals surface area contributed by atoms with Crippen molar-refractivity contribution in [2.45, 2.75) is 106 Å². The van der Waals surface area contributed by atoms with Crippen LogP contribution in [0.5, 0.6) is 0 Å². The fourth-order valence-electron chi connectivity index (χ4n) is 10.6. The number of aromatic nitrogens is 12. The first-order valence-corrected chi connectivity index (χ1v) is 34.7. The number of benzene rings is 4. The van der Waals surface area contributed by atoms with E-state index in [0.717, 1.165) is 121 Å². The zero-order valence-corrected chi connectivity index (χ0v) is 58.1. The molecule has 2 aliphatic rings. The van der Waals surface area contributed by atoms with Crippen molar-refractivity contribution in [1.82, 2.24) is 59.8 Å². The molecule has 8 aromatic heterocycles. The number of carboxylic acid groups (broad SMARTS) is 1. The molecular formula is C72H72N16O5S4. The maximum Gasteiger partial charge on any atom is 0.347 e. The van der Waals surface area contributed by atoms with E-state index in [-0.39, 0.29) is 17.0 Å². The fraction of sp³-hybridized carbons (Fsp3) is 0.250. The normalized spacial score (nSPS) is 13.2. The highest BCUT2D eigenvalue weighted by Gasteiger charge is 2.22. The third-order valence-electron chi connectivity index (χ3n) is 15.0. The lowest BCUT2D eigenvalue weighted by molar-refractivity contribution is -0.161. The number of anilines is 7. The molecule has 9 heterocycles. The Morgan fingerprint density at radius 1 is 0.526 bits per heavy atom. The Morgan fingerprint density at radius 3 is 1.46 bits per heavy atom. The van der Waals surface area contributed by atoms with Gasteiger partial charge in [-0.15, -0.1) is 45.3 Å². The zero-order chi connectivity index (χ0) is 67.8. The van der Waals surface area contributed by atoms with Crippen molar-refractivity contribution >= 4 is 98.0 Å². The maximum absolute atomic E-state index is 11.3. The van der Waals surface area contributed by atoms with Crippen molar-refractivity contribution in [3.8, 4) is 42.8 Å². The van der Waals surface area contributed by atoms with Gasteiger partial charge in [-0.05, 0) is 194 Å². The molecule has 4 aromatic carbocycles. The number of carbonyl (C=O) groups is 2. The molecule has 0 saturated carbocycles. The summed E-state index contributed by atoms with van der Waals surface area (Å²) in [5, 5.41) is 25.3. The number of Topliss-reactive ketones (excluding diaryl/α,β-unsaturated/α-hetero) is 1. The van der Waals surface area contributed by atoms with E-state index in [9.17, 15) is 9.59 Å². The molecular weight excluding hydrogens is 1300 g/mol. The van der Waals surface area contributed by atoms with Crippen molar-refractivity contribution in [2.24, 2.45) is 0 Å². The second-order valence-electron chi connectivity index (χ2n) is 23.2. The number of hydrogen-bond acceptors (Lipinski definition) is 24. The molecule has 1 atom stereocenters. The Labute approximate surface area is 578 Å². The molecule has 14 rings (SSSR count). The quantitative estimate of drug-likeness (QED) is 0.0499. The van der Waals surface area contributed by atoms with Crippen molar-refractivity contribution in [3.63, 3.8) is 0 Å². The SMILES string of the molecule is CC(=O)c1ccc(Nc2nccc(-c3ncc(C)s3)n2)cc1.Cc1cc(C)cc(Nc2nccc(-c3nc(C)c(CCOC4CCCCO4)s3)n2)c1.Cc1cc(C)cc(Nc2nccc(-c3ncc(C(=O)O)s3)n2)c1.Cc1cnc(-c2ccnc(NC3Cc4ccccc4C3)n2)s1. The molecule has 12 aromatic rings. The van der Waals surface area contributed by atoms with Gasteiger partial charge in [0, 0.05) is 93.5 Å². The molecule has 97 heavy (non-hydrogen) atoms. The first kappa shape index (κ1) is 68.4. The van der Waals surface area contributed by atoms with Crippen molar-refractivity contribution in [1.29, 1.82) is 0 Å². The molecule has 0 radical (unpaired) electrons. The maximum atomic E-state index is 11.3. The second kappa shape index (κ2) is 32.6. The smallest absolute Gasteiger partial charge is 0.347 e. The van der Waals surface area contributed by atoms with Crippen LogP contribution in [0.4, 0.5) is 40.9 Å². The Morgan fingerprint density at radius 2 is 1.00 bits per heavy atom. The van der Waals surface area contributed by atoms with Crippen molar-refractivity contribution < 1.29 is 24.2 Å². The topological polar surface area (TPSA) is 276 Å². The minimum Gasteiger partial charge on any atom is -0.477 e. The summed E-state index contributed by atoms with van der Waals surface area (Å²) in [5.74, 6) is 1.26. The minimum absolute atomic E-state index is 0.0453. The van der Waals surface area contributed by atoms with Gasteiger partial charge in [-0.3, -0.25) is 4.79 Å². The lowest BCUT2D eigenvalue weighted by Crippen LogP contribution is -2.23. The van der Waals surface area contributed by atoms with Crippen molar-refractivity contribution in [2.75, 3.05) is 34.5 Å². The average Bonchev–Trinajstić information content (AvgIpc) is 1.80. The van der Waals surface area contributed by atoms with Crippen LogP contribution >= 0.6 is 45.3 Å². The number of nitrogens with zero attached hydrogens (tertiary/aromatic N) is 12. The third-order valence-corrected chi connectivity index (χ3v) is 19.1. The monoisotopic (exact) mass is 1370 g/mol. The molecule has 1 saturated heterocycles. The number of carboxylic acids is 1. The first-order chi connectivity index (χ1) is 47.0. The molecule has 0 amide bonds. The van der Waals surface area contributed by atoms with E-state index >= 15 is 0 Å². The highest BCUT2D eigenvalue weighted by molar-refractivity contribution is 7.17. The van der Waals surface area contributed by atoms with E-state index in [1.807, 2.05) is 82.6 Å². The van der Waals surface area contributed by atoms with E-state index in [1.54, 1.807) is 83.9 Å². The van der Waals surface area contributed by atoms with Crippen molar-refractivity contribution in [3.05, 3.63) is 217 Å². The second-order valence-corrected chi connectivity index (χ2v) is 27.8. The minimum atomic E-state index is -0.989. The molecule has 494 valence electrons. The summed E-state index contributed by atoms with van der Waals surface area (Å²) in [6.45, 7) is 17.3. The molecule has 25 heteroatoms. The van der Waals surface area contributed by atoms with Gasteiger partial charge in [0.25, 0.3) is 0 Å².